The summed E-state index contributed by atoms with van der Waals surface area (Å²) in [6.07, 6.45) is 4.51. The fraction of sp³-hybridized carbons (Fsp3) is 0.400. The Morgan fingerprint density at radius 3 is 2.75 bits per heavy atom. The van der Waals surface area contributed by atoms with Crippen LogP contribution in [0.1, 0.15) is 19.8 Å². The molecule has 0 aliphatic heterocycles. The quantitative estimate of drug-likeness (QED) is 0.878. The Morgan fingerprint density at radius 1 is 1.42 bits per heavy atom. The fourth-order valence-corrected chi connectivity index (χ4v) is 2.41. The first-order valence-corrected chi connectivity index (χ1v) is 7.40. The molecule has 0 saturated heterocycles. The number of amides is 1. The highest BCUT2D eigenvalue weighted by atomic mass is 19.3. The molecule has 1 saturated carbocycles. The van der Waals surface area contributed by atoms with Crippen LogP contribution < -0.4 is 10.1 Å². The van der Waals surface area contributed by atoms with Gasteiger partial charge in [0.1, 0.15) is 12.7 Å². The number of nitrogens with zero attached hydrogens (tertiary/aromatic N) is 3. The number of rotatable bonds is 6. The van der Waals surface area contributed by atoms with Gasteiger partial charge in [0, 0.05) is 18.1 Å². The zero-order chi connectivity index (χ0) is 17.3. The SMILES string of the molecule is C[C@H](C(=O)Nc1cc(F)c(OC(F)F)cc1-n1cncn1)C1CC1. The van der Waals surface area contributed by atoms with Crippen molar-refractivity contribution in [1.29, 1.82) is 0 Å². The average molecular weight is 340 g/mol. The van der Waals surface area contributed by atoms with Gasteiger partial charge in [-0.15, -0.1) is 0 Å². The van der Waals surface area contributed by atoms with E-state index in [1.165, 1.54) is 17.3 Å². The Morgan fingerprint density at radius 2 is 2.17 bits per heavy atom. The number of benzene rings is 1. The van der Waals surface area contributed by atoms with Crippen molar-refractivity contribution in [2.75, 3.05) is 5.32 Å². The zero-order valence-electron chi connectivity index (χ0n) is 12.7. The molecule has 1 amide bonds. The maximum Gasteiger partial charge on any atom is 0.387 e. The highest BCUT2D eigenvalue weighted by Crippen LogP contribution is 2.37. The van der Waals surface area contributed by atoms with Crippen molar-refractivity contribution in [2.24, 2.45) is 11.8 Å². The predicted molar refractivity (Wildman–Crippen MR) is 78.5 cm³/mol. The third-order valence-electron chi connectivity index (χ3n) is 3.93. The monoisotopic (exact) mass is 340 g/mol. The van der Waals surface area contributed by atoms with Crippen LogP contribution in [0.4, 0.5) is 18.9 Å². The lowest BCUT2D eigenvalue weighted by molar-refractivity contribution is -0.119. The maximum atomic E-state index is 14.0. The van der Waals surface area contributed by atoms with E-state index < -0.39 is 18.2 Å². The van der Waals surface area contributed by atoms with E-state index in [4.69, 9.17) is 0 Å². The minimum atomic E-state index is -3.17. The maximum absolute atomic E-state index is 14.0. The van der Waals surface area contributed by atoms with Gasteiger partial charge in [0.05, 0.1) is 11.4 Å². The van der Waals surface area contributed by atoms with Crippen LogP contribution in [0.3, 0.4) is 0 Å². The van der Waals surface area contributed by atoms with Crippen LogP contribution in [0.2, 0.25) is 0 Å². The summed E-state index contributed by atoms with van der Waals surface area (Å²) >= 11 is 0. The van der Waals surface area contributed by atoms with Gasteiger partial charge in [-0.2, -0.15) is 13.9 Å². The van der Waals surface area contributed by atoms with Gasteiger partial charge in [-0.25, -0.2) is 14.1 Å². The number of hydrogen-bond donors (Lipinski definition) is 1. The number of halogens is 3. The second-order valence-corrected chi connectivity index (χ2v) is 5.63. The highest BCUT2D eigenvalue weighted by molar-refractivity contribution is 5.94. The lowest BCUT2D eigenvalue weighted by Gasteiger charge is -2.16. The average Bonchev–Trinajstić information content (AvgIpc) is 3.23. The molecule has 3 rings (SSSR count). The molecule has 1 atom stereocenters. The number of nitrogens with one attached hydrogen (secondary N) is 1. The van der Waals surface area contributed by atoms with Gasteiger partial charge in [-0.05, 0) is 18.8 Å². The molecule has 2 aromatic rings. The van der Waals surface area contributed by atoms with Crippen molar-refractivity contribution in [3.05, 3.63) is 30.6 Å². The summed E-state index contributed by atoms with van der Waals surface area (Å²) in [6.45, 7) is -1.37. The van der Waals surface area contributed by atoms with Crippen LogP contribution in [0.15, 0.2) is 24.8 Å². The van der Waals surface area contributed by atoms with Gasteiger partial charge in [0.25, 0.3) is 0 Å². The number of anilines is 1. The number of hydrogen-bond acceptors (Lipinski definition) is 4. The molecule has 0 radical (unpaired) electrons. The van der Waals surface area contributed by atoms with E-state index >= 15 is 0 Å². The summed E-state index contributed by atoms with van der Waals surface area (Å²) in [6, 6.07) is 1.99. The van der Waals surface area contributed by atoms with E-state index in [9.17, 15) is 18.0 Å². The van der Waals surface area contributed by atoms with E-state index in [0.29, 0.717) is 5.92 Å². The molecule has 1 aliphatic carbocycles. The van der Waals surface area contributed by atoms with Crippen molar-refractivity contribution >= 4 is 11.6 Å². The number of ether oxygens (including phenoxy) is 1. The second kappa shape index (κ2) is 6.50. The van der Waals surface area contributed by atoms with E-state index in [0.717, 1.165) is 25.0 Å². The molecule has 1 heterocycles. The molecule has 24 heavy (non-hydrogen) atoms. The van der Waals surface area contributed by atoms with Gasteiger partial charge in [0.2, 0.25) is 5.91 Å². The summed E-state index contributed by atoms with van der Waals surface area (Å²) < 4.78 is 44.2. The number of alkyl halides is 2. The molecule has 1 aromatic carbocycles. The second-order valence-electron chi connectivity index (χ2n) is 5.63. The molecule has 1 aromatic heterocycles. The summed E-state index contributed by atoms with van der Waals surface area (Å²) in [5.74, 6) is -1.79. The fourth-order valence-electron chi connectivity index (χ4n) is 2.41. The zero-order valence-corrected chi connectivity index (χ0v) is 12.7. The first-order valence-electron chi connectivity index (χ1n) is 7.40. The lowest BCUT2D eigenvalue weighted by Crippen LogP contribution is -2.23. The summed E-state index contributed by atoms with van der Waals surface area (Å²) in [7, 11) is 0. The molecule has 9 heteroatoms. The number of carbonyl (C=O) groups is 1. The Hall–Kier alpha value is -2.58. The van der Waals surface area contributed by atoms with Gasteiger partial charge in [-0.3, -0.25) is 4.79 Å². The topological polar surface area (TPSA) is 69.0 Å². The van der Waals surface area contributed by atoms with Crippen molar-refractivity contribution in [3.63, 3.8) is 0 Å². The molecular formula is C15H15F3N4O2. The van der Waals surface area contributed by atoms with Crippen LogP contribution >= 0.6 is 0 Å². The van der Waals surface area contributed by atoms with Crippen LogP contribution in [0.5, 0.6) is 5.75 Å². The molecule has 0 spiro atoms. The minimum absolute atomic E-state index is 0.108. The van der Waals surface area contributed by atoms with Crippen molar-refractivity contribution in [2.45, 2.75) is 26.4 Å². The predicted octanol–water partition coefficient (Wildman–Crippen LogP) is 2.99. The summed E-state index contributed by atoms with van der Waals surface area (Å²) in [4.78, 5) is 16.0. The van der Waals surface area contributed by atoms with E-state index in [2.05, 4.69) is 20.1 Å². The normalized spacial score (nSPS) is 15.4. The van der Waals surface area contributed by atoms with E-state index in [1.54, 1.807) is 6.92 Å². The smallest absolute Gasteiger partial charge is 0.387 e. The van der Waals surface area contributed by atoms with Crippen LogP contribution in [0, 0.1) is 17.7 Å². The van der Waals surface area contributed by atoms with Crippen molar-refractivity contribution < 1.29 is 22.7 Å². The molecule has 1 aliphatic rings. The van der Waals surface area contributed by atoms with Crippen LogP contribution in [-0.2, 0) is 4.79 Å². The Bertz CT molecular complexity index is 733. The number of carbonyl (C=O) groups excluding carboxylic acids is 1. The Balaban J connectivity index is 1.94. The Kier molecular flexibility index (Phi) is 4.41. The van der Waals surface area contributed by atoms with Gasteiger partial charge >= 0.3 is 6.61 Å². The van der Waals surface area contributed by atoms with Gasteiger partial charge in [0.15, 0.2) is 11.6 Å². The van der Waals surface area contributed by atoms with Crippen molar-refractivity contribution in [3.8, 4) is 11.4 Å². The van der Waals surface area contributed by atoms with E-state index in [-0.39, 0.29) is 23.2 Å². The summed E-state index contributed by atoms with van der Waals surface area (Å²) in [5, 5.41) is 6.52. The van der Waals surface area contributed by atoms with Gasteiger partial charge < -0.3 is 10.1 Å². The highest BCUT2D eigenvalue weighted by Gasteiger charge is 2.33. The molecule has 0 bridgehead atoms. The third kappa shape index (κ3) is 3.50. The molecule has 0 unspecified atom stereocenters. The lowest BCUT2D eigenvalue weighted by atomic mass is 10.1. The van der Waals surface area contributed by atoms with Crippen LogP contribution in [-0.4, -0.2) is 27.3 Å². The van der Waals surface area contributed by atoms with Crippen molar-refractivity contribution in [1.82, 2.24) is 14.8 Å². The standard InChI is InChI=1S/C15H15F3N4O2/c1-8(9-2-3-9)14(23)21-11-4-10(16)13(24-15(17)18)5-12(11)22-7-19-6-20-22/h4-9,15H,2-3H2,1H3,(H,21,23)/t8-/m0/s1. The molecule has 1 fully saturated rings. The number of aromatic nitrogens is 3. The largest absolute Gasteiger partial charge is 0.432 e. The Labute approximate surface area is 135 Å². The van der Waals surface area contributed by atoms with Gasteiger partial charge in [-0.1, -0.05) is 6.92 Å². The van der Waals surface area contributed by atoms with Crippen LogP contribution in [0.25, 0.3) is 5.69 Å². The molecule has 6 nitrogen and oxygen atoms in total. The summed E-state index contributed by atoms with van der Waals surface area (Å²) in [5.41, 5.74) is 0.290. The molecular weight excluding hydrogens is 325 g/mol. The minimum Gasteiger partial charge on any atom is -0.432 e. The van der Waals surface area contributed by atoms with E-state index in [1.807, 2.05) is 0 Å². The molecule has 128 valence electrons. The first kappa shape index (κ1) is 16.3. The first-order chi connectivity index (χ1) is 11.5. The third-order valence-corrected chi connectivity index (χ3v) is 3.93. The molecule has 1 N–H and O–H groups in total.